The van der Waals surface area contributed by atoms with E-state index in [-0.39, 0.29) is 24.9 Å². The highest BCUT2D eigenvalue weighted by Crippen LogP contribution is 2.18. The molecule has 0 rings (SSSR count). The molecule has 59 heavy (non-hydrogen) atoms. The molecule has 0 spiro atoms. The van der Waals surface area contributed by atoms with Crippen LogP contribution < -0.4 is 5.32 Å². The summed E-state index contributed by atoms with van der Waals surface area (Å²) in [5.74, 6) is -0.496. The number of rotatable bonds is 45. The maximum absolute atomic E-state index is 13.2. The normalized spacial score (nSPS) is 13.6. The zero-order valence-electron chi connectivity index (χ0n) is 39.1. The molecule has 3 unspecified atom stereocenters. The molecule has 0 heterocycles. The van der Waals surface area contributed by atoms with Gasteiger partial charge in [-0.2, -0.15) is 0 Å². The van der Waals surface area contributed by atoms with Crippen LogP contribution in [0.25, 0.3) is 0 Å². The molecule has 3 N–H and O–H groups in total. The number of amides is 1. The summed E-state index contributed by atoms with van der Waals surface area (Å²) in [6.07, 6.45) is 56.0. The fraction of sp³-hybridized carbons (Fsp3) is 0.811. The highest BCUT2D eigenvalue weighted by molar-refractivity contribution is 5.77. The first-order valence-corrected chi connectivity index (χ1v) is 25.4. The third kappa shape index (κ3) is 42.3. The molecule has 0 aromatic carbocycles. The minimum atomic E-state index is -0.790. The number of unbranched alkanes of at least 4 members (excludes halogenated alkanes) is 28. The van der Waals surface area contributed by atoms with E-state index in [1.807, 2.05) is 18.2 Å². The minimum absolute atomic E-state index is 0.0694. The topological polar surface area (TPSA) is 95.9 Å². The lowest BCUT2D eigenvalue weighted by molar-refractivity contribution is -0.151. The Morgan fingerprint density at radius 1 is 0.508 bits per heavy atom. The standard InChI is InChI=1S/C53H97NO5/c1-4-7-10-13-16-19-21-23-25-27-28-30-33-36-39-42-45-51(56)50(48-55)54-52(57)47-49(44-41-38-35-32-18-15-12-9-6-3)59-53(58)46-43-40-37-34-31-29-26-24-22-20-17-14-11-8-5-2/h8,11,14,17,20,22,24,26,49-51,55-56H,4-7,9-10,12-13,15-16,18-19,21,23,25,27-48H2,1-3H3,(H,54,57)/b11-8+,17-14+,22-20+,26-24-. The number of hydrogen-bond donors (Lipinski definition) is 3. The van der Waals surface area contributed by atoms with Crippen molar-refractivity contribution in [1.82, 2.24) is 5.32 Å². The summed E-state index contributed by atoms with van der Waals surface area (Å²) in [6, 6.07) is -0.704. The largest absolute Gasteiger partial charge is 0.462 e. The van der Waals surface area contributed by atoms with Gasteiger partial charge in [0.2, 0.25) is 5.91 Å². The predicted molar refractivity (Wildman–Crippen MR) is 255 cm³/mol. The number of esters is 1. The van der Waals surface area contributed by atoms with E-state index in [4.69, 9.17) is 4.74 Å². The van der Waals surface area contributed by atoms with Gasteiger partial charge in [-0.05, 0) is 44.9 Å². The minimum Gasteiger partial charge on any atom is -0.462 e. The average molecular weight is 828 g/mol. The molecule has 0 aromatic heterocycles. The molecule has 0 aliphatic rings. The van der Waals surface area contributed by atoms with E-state index in [9.17, 15) is 19.8 Å². The molecule has 0 aliphatic carbocycles. The lowest BCUT2D eigenvalue weighted by Crippen LogP contribution is -2.46. The Morgan fingerprint density at radius 2 is 0.915 bits per heavy atom. The van der Waals surface area contributed by atoms with E-state index in [2.05, 4.69) is 56.5 Å². The average Bonchev–Trinajstić information content (AvgIpc) is 3.23. The van der Waals surface area contributed by atoms with Crippen LogP contribution in [0.4, 0.5) is 0 Å². The first-order valence-electron chi connectivity index (χ1n) is 25.4. The van der Waals surface area contributed by atoms with Crippen LogP contribution in [0.2, 0.25) is 0 Å². The second-order valence-electron chi connectivity index (χ2n) is 17.3. The molecule has 6 nitrogen and oxygen atoms in total. The number of ether oxygens (including phenoxy) is 1. The summed E-state index contributed by atoms with van der Waals surface area (Å²) in [7, 11) is 0. The summed E-state index contributed by atoms with van der Waals surface area (Å²) < 4.78 is 5.90. The molecule has 6 heteroatoms. The monoisotopic (exact) mass is 828 g/mol. The van der Waals surface area contributed by atoms with Crippen LogP contribution >= 0.6 is 0 Å². The Morgan fingerprint density at radius 3 is 1.39 bits per heavy atom. The molecule has 0 saturated heterocycles. The number of carbonyl (C=O) groups is 2. The van der Waals surface area contributed by atoms with Crippen LogP contribution in [0.3, 0.4) is 0 Å². The fourth-order valence-electron chi connectivity index (χ4n) is 7.68. The molecule has 0 bridgehead atoms. The SMILES string of the molecule is CC/C=C/C=C/C=C/C=C\CCCCCCCC(=O)OC(CCCCCCCCCCC)CC(=O)NC(CO)C(O)CCCCCCCCCCCCCCCCCC. The van der Waals surface area contributed by atoms with Crippen LogP contribution in [-0.2, 0) is 14.3 Å². The van der Waals surface area contributed by atoms with Gasteiger partial charge in [-0.1, -0.05) is 243 Å². The summed E-state index contributed by atoms with van der Waals surface area (Å²) in [4.78, 5) is 26.0. The van der Waals surface area contributed by atoms with E-state index in [0.717, 1.165) is 77.0 Å². The van der Waals surface area contributed by atoms with E-state index in [1.165, 1.54) is 128 Å². The number of carbonyl (C=O) groups excluding carboxylic acids is 2. The molecular formula is C53H97NO5. The van der Waals surface area contributed by atoms with Crippen LogP contribution in [0, 0.1) is 0 Å². The van der Waals surface area contributed by atoms with Crippen molar-refractivity contribution in [2.45, 2.75) is 270 Å². The van der Waals surface area contributed by atoms with Crippen LogP contribution in [0.1, 0.15) is 252 Å². The summed E-state index contributed by atoms with van der Waals surface area (Å²) in [5.41, 5.74) is 0. The lowest BCUT2D eigenvalue weighted by Gasteiger charge is -2.24. The molecule has 1 amide bonds. The predicted octanol–water partition coefficient (Wildman–Crippen LogP) is 15.1. The van der Waals surface area contributed by atoms with Crippen LogP contribution in [0.15, 0.2) is 48.6 Å². The van der Waals surface area contributed by atoms with Crippen molar-refractivity contribution < 1.29 is 24.5 Å². The van der Waals surface area contributed by atoms with Gasteiger partial charge >= 0.3 is 5.97 Å². The number of aliphatic hydroxyl groups excluding tert-OH is 2. The summed E-state index contributed by atoms with van der Waals surface area (Å²) in [5, 5.41) is 23.7. The smallest absolute Gasteiger partial charge is 0.306 e. The molecule has 0 aromatic rings. The Balaban J connectivity index is 4.47. The lowest BCUT2D eigenvalue weighted by atomic mass is 10.0. The molecular weight excluding hydrogens is 731 g/mol. The second-order valence-corrected chi connectivity index (χ2v) is 17.3. The van der Waals surface area contributed by atoms with Gasteiger partial charge < -0.3 is 20.3 Å². The van der Waals surface area contributed by atoms with Crippen molar-refractivity contribution in [1.29, 1.82) is 0 Å². The summed E-state index contributed by atoms with van der Waals surface area (Å²) in [6.45, 7) is 6.34. The van der Waals surface area contributed by atoms with E-state index >= 15 is 0 Å². The molecule has 344 valence electrons. The number of aliphatic hydroxyl groups is 2. The van der Waals surface area contributed by atoms with E-state index in [0.29, 0.717) is 19.3 Å². The van der Waals surface area contributed by atoms with E-state index < -0.39 is 18.2 Å². The second kappa shape index (κ2) is 46.9. The van der Waals surface area contributed by atoms with Crippen LogP contribution in [-0.4, -0.2) is 46.9 Å². The first-order chi connectivity index (χ1) is 29.0. The van der Waals surface area contributed by atoms with Gasteiger partial charge in [-0.3, -0.25) is 9.59 Å². The van der Waals surface area contributed by atoms with Crippen molar-refractivity contribution in [3.8, 4) is 0 Å². The Hall–Kier alpha value is -2.18. The van der Waals surface area contributed by atoms with Gasteiger partial charge in [-0.15, -0.1) is 0 Å². The maximum Gasteiger partial charge on any atom is 0.306 e. The summed E-state index contributed by atoms with van der Waals surface area (Å²) >= 11 is 0. The van der Waals surface area contributed by atoms with Gasteiger partial charge in [0.25, 0.3) is 0 Å². The third-order valence-electron chi connectivity index (χ3n) is 11.5. The van der Waals surface area contributed by atoms with Crippen molar-refractivity contribution in [3.05, 3.63) is 48.6 Å². The zero-order valence-corrected chi connectivity index (χ0v) is 39.1. The van der Waals surface area contributed by atoms with Gasteiger partial charge in [0, 0.05) is 6.42 Å². The molecule has 0 aliphatic heterocycles. The highest BCUT2D eigenvalue weighted by Gasteiger charge is 2.24. The molecule has 0 fully saturated rings. The highest BCUT2D eigenvalue weighted by atomic mass is 16.5. The van der Waals surface area contributed by atoms with Gasteiger partial charge in [0.05, 0.1) is 25.2 Å². The molecule has 0 radical (unpaired) electrons. The number of allylic oxidation sites excluding steroid dienone is 8. The van der Waals surface area contributed by atoms with Gasteiger partial charge in [-0.25, -0.2) is 0 Å². The Labute approximate surface area is 366 Å². The fourth-order valence-corrected chi connectivity index (χ4v) is 7.68. The maximum atomic E-state index is 13.2. The Kier molecular flexibility index (Phi) is 45.1. The first kappa shape index (κ1) is 56.8. The number of hydrogen-bond acceptors (Lipinski definition) is 5. The quantitative estimate of drug-likeness (QED) is 0.0323. The van der Waals surface area contributed by atoms with Crippen molar-refractivity contribution in [3.63, 3.8) is 0 Å². The number of nitrogens with one attached hydrogen (secondary N) is 1. The Bertz CT molecular complexity index is 1020. The molecule has 0 saturated carbocycles. The van der Waals surface area contributed by atoms with E-state index in [1.54, 1.807) is 0 Å². The van der Waals surface area contributed by atoms with Gasteiger partial charge in [0.15, 0.2) is 0 Å². The van der Waals surface area contributed by atoms with Gasteiger partial charge in [0.1, 0.15) is 6.10 Å². The van der Waals surface area contributed by atoms with Crippen molar-refractivity contribution >= 4 is 11.9 Å². The van der Waals surface area contributed by atoms with Crippen molar-refractivity contribution in [2.75, 3.05) is 6.61 Å². The zero-order chi connectivity index (χ0) is 43.1. The van der Waals surface area contributed by atoms with Crippen LogP contribution in [0.5, 0.6) is 0 Å². The van der Waals surface area contributed by atoms with Crippen molar-refractivity contribution in [2.24, 2.45) is 0 Å². The third-order valence-corrected chi connectivity index (χ3v) is 11.5. The molecule has 3 atom stereocenters.